The topological polar surface area (TPSA) is 63.7 Å². The number of nitrogens with zero attached hydrogens (tertiary/aromatic N) is 2. The molecule has 1 aromatic heterocycles. The van der Waals surface area contributed by atoms with Gasteiger partial charge in [-0.1, -0.05) is 18.2 Å². The average molecular weight is 341 g/mol. The summed E-state index contributed by atoms with van der Waals surface area (Å²) in [7, 11) is 0. The Kier molecular flexibility index (Phi) is 6.23. The molecule has 1 aliphatic heterocycles. The number of nitrogens with one attached hydrogen (secondary N) is 1. The number of carbonyl (C=O) groups excluding carboxylic acids is 1. The SMILES string of the molecule is O=C(NCCCOc1ccccc1)c1cccnc1N1CCOCC1. The van der Waals surface area contributed by atoms with Gasteiger partial charge in [0.05, 0.1) is 25.4 Å². The first kappa shape index (κ1) is 17.2. The Morgan fingerprint density at radius 1 is 1.16 bits per heavy atom. The Bertz CT molecular complexity index is 673. The molecule has 3 rings (SSSR count). The first-order valence-corrected chi connectivity index (χ1v) is 8.58. The van der Waals surface area contributed by atoms with Crippen molar-refractivity contribution in [3.05, 3.63) is 54.2 Å². The van der Waals surface area contributed by atoms with E-state index >= 15 is 0 Å². The molecule has 0 saturated carbocycles. The number of pyridine rings is 1. The lowest BCUT2D eigenvalue weighted by Crippen LogP contribution is -2.38. The van der Waals surface area contributed by atoms with Gasteiger partial charge >= 0.3 is 0 Å². The van der Waals surface area contributed by atoms with E-state index in [2.05, 4.69) is 15.2 Å². The third-order valence-corrected chi connectivity index (χ3v) is 3.96. The Hall–Kier alpha value is -2.60. The van der Waals surface area contributed by atoms with Crippen molar-refractivity contribution in [2.45, 2.75) is 6.42 Å². The molecule has 1 aromatic carbocycles. The maximum absolute atomic E-state index is 12.5. The molecule has 1 aliphatic rings. The van der Waals surface area contributed by atoms with Gasteiger partial charge in [0.1, 0.15) is 11.6 Å². The predicted molar refractivity (Wildman–Crippen MR) is 96.2 cm³/mol. The van der Waals surface area contributed by atoms with E-state index in [9.17, 15) is 4.79 Å². The second kappa shape index (κ2) is 9.03. The van der Waals surface area contributed by atoms with Gasteiger partial charge in [-0.05, 0) is 30.7 Å². The number of aromatic nitrogens is 1. The molecule has 1 amide bonds. The number of amides is 1. The molecule has 2 aromatic rings. The number of rotatable bonds is 7. The van der Waals surface area contributed by atoms with Crippen LogP contribution in [0, 0.1) is 0 Å². The minimum atomic E-state index is -0.102. The normalized spacial score (nSPS) is 14.2. The van der Waals surface area contributed by atoms with Gasteiger partial charge in [-0.15, -0.1) is 0 Å². The van der Waals surface area contributed by atoms with Crippen molar-refractivity contribution in [1.82, 2.24) is 10.3 Å². The van der Waals surface area contributed by atoms with Gasteiger partial charge in [-0.3, -0.25) is 4.79 Å². The van der Waals surface area contributed by atoms with Crippen molar-refractivity contribution in [3.63, 3.8) is 0 Å². The predicted octanol–water partition coefficient (Wildman–Crippen LogP) is 2.12. The highest BCUT2D eigenvalue weighted by Gasteiger charge is 2.19. The molecule has 0 unspecified atom stereocenters. The minimum Gasteiger partial charge on any atom is -0.494 e. The highest BCUT2D eigenvalue weighted by atomic mass is 16.5. The van der Waals surface area contributed by atoms with E-state index in [0.29, 0.717) is 31.9 Å². The maximum Gasteiger partial charge on any atom is 0.255 e. The number of para-hydroxylation sites is 1. The second-order valence-corrected chi connectivity index (χ2v) is 5.74. The van der Waals surface area contributed by atoms with E-state index in [4.69, 9.17) is 9.47 Å². The van der Waals surface area contributed by atoms with Crippen LogP contribution in [0.3, 0.4) is 0 Å². The number of benzene rings is 1. The van der Waals surface area contributed by atoms with Crippen molar-refractivity contribution in [2.24, 2.45) is 0 Å². The summed E-state index contributed by atoms with van der Waals surface area (Å²) in [4.78, 5) is 19.0. The summed E-state index contributed by atoms with van der Waals surface area (Å²) in [6, 6.07) is 13.3. The zero-order chi connectivity index (χ0) is 17.3. The molecular formula is C19H23N3O3. The average Bonchev–Trinajstić information content (AvgIpc) is 2.69. The number of ether oxygens (including phenoxy) is 2. The molecular weight excluding hydrogens is 318 g/mol. The molecule has 2 heterocycles. The largest absolute Gasteiger partial charge is 0.494 e. The lowest BCUT2D eigenvalue weighted by atomic mass is 10.2. The van der Waals surface area contributed by atoms with E-state index < -0.39 is 0 Å². The summed E-state index contributed by atoms with van der Waals surface area (Å²) in [6.45, 7) is 3.95. The Morgan fingerprint density at radius 2 is 1.96 bits per heavy atom. The summed E-state index contributed by atoms with van der Waals surface area (Å²) >= 11 is 0. The minimum absolute atomic E-state index is 0.102. The van der Waals surface area contributed by atoms with Gasteiger partial charge < -0.3 is 19.7 Å². The third-order valence-electron chi connectivity index (χ3n) is 3.96. The standard InChI is InChI=1S/C19H23N3O3/c23-19(21-10-5-13-25-16-6-2-1-3-7-16)17-8-4-9-20-18(17)22-11-14-24-15-12-22/h1-4,6-9H,5,10-15H2,(H,21,23). The summed E-state index contributed by atoms with van der Waals surface area (Å²) in [5.41, 5.74) is 0.605. The van der Waals surface area contributed by atoms with Crippen LogP contribution in [0.25, 0.3) is 0 Å². The van der Waals surface area contributed by atoms with Gasteiger partial charge in [-0.25, -0.2) is 4.98 Å². The molecule has 132 valence electrons. The van der Waals surface area contributed by atoms with E-state index in [1.54, 1.807) is 12.3 Å². The molecule has 0 aliphatic carbocycles. The van der Waals surface area contributed by atoms with Crippen molar-refractivity contribution >= 4 is 11.7 Å². The number of anilines is 1. The van der Waals surface area contributed by atoms with Crippen molar-refractivity contribution in [1.29, 1.82) is 0 Å². The Balaban J connectivity index is 1.48. The quantitative estimate of drug-likeness (QED) is 0.782. The van der Waals surface area contributed by atoms with Crippen LogP contribution in [0.15, 0.2) is 48.7 Å². The first-order chi connectivity index (χ1) is 12.3. The van der Waals surface area contributed by atoms with Crippen molar-refractivity contribution in [2.75, 3.05) is 44.4 Å². The molecule has 0 radical (unpaired) electrons. The van der Waals surface area contributed by atoms with Crippen LogP contribution in [-0.2, 0) is 4.74 Å². The summed E-state index contributed by atoms with van der Waals surface area (Å²) in [6.07, 6.45) is 2.46. The van der Waals surface area contributed by atoms with Crippen LogP contribution in [0.4, 0.5) is 5.82 Å². The molecule has 25 heavy (non-hydrogen) atoms. The second-order valence-electron chi connectivity index (χ2n) is 5.74. The number of carbonyl (C=O) groups is 1. The summed E-state index contributed by atoms with van der Waals surface area (Å²) < 4.78 is 11.0. The van der Waals surface area contributed by atoms with Crippen LogP contribution in [0.5, 0.6) is 5.75 Å². The molecule has 1 fully saturated rings. The highest BCUT2D eigenvalue weighted by Crippen LogP contribution is 2.18. The van der Waals surface area contributed by atoms with Crippen LogP contribution in [0.1, 0.15) is 16.8 Å². The lowest BCUT2D eigenvalue weighted by molar-refractivity contribution is 0.0949. The Morgan fingerprint density at radius 3 is 2.76 bits per heavy atom. The van der Waals surface area contributed by atoms with Crippen LogP contribution >= 0.6 is 0 Å². The third kappa shape index (κ3) is 4.93. The number of hydrogen-bond donors (Lipinski definition) is 1. The van der Waals surface area contributed by atoms with Gasteiger partial charge in [0.25, 0.3) is 5.91 Å². The zero-order valence-corrected chi connectivity index (χ0v) is 14.2. The summed E-state index contributed by atoms with van der Waals surface area (Å²) in [5.74, 6) is 1.47. The molecule has 6 heteroatoms. The number of morpholine rings is 1. The highest BCUT2D eigenvalue weighted by molar-refractivity contribution is 5.98. The lowest BCUT2D eigenvalue weighted by Gasteiger charge is -2.29. The monoisotopic (exact) mass is 341 g/mol. The molecule has 0 spiro atoms. The van der Waals surface area contributed by atoms with Crippen molar-refractivity contribution < 1.29 is 14.3 Å². The smallest absolute Gasteiger partial charge is 0.255 e. The van der Waals surface area contributed by atoms with Crippen LogP contribution in [0.2, 0.25) is 0 Å². The van der Waals surface area contributed by atoms with E-state index in [-0.39, 0.29) is 5.91 Å². The van der Waals surface area contributed by atoms with E-state index in [1.807, 2.05) is 36.4 Å². The zero-order valence-electron chi connectivity index (χ0n) is 14.2. The molecule has 1 saturated heterocycles. The fourth-order valence-corrected chi connectivity index (χ4v) is 2.68. The van der Waals surface area contributed by atoms with Gasteiger partial charge in [-0.2, -0.15) is 0 Å². The van der Waals surface area contributed by atoms with Crippen molar-refractivity contribution in [3.8, 4) is 5.75 Å². The van der Waals surface area contributed by atoms with Gasteiger partial charge in [0, 0.05) is 25.8 Å². The Labute approximate surface area is 147 Å². The molecule has 0 bridgehead atoms. The first-order valence-electron chi connectivity index (χ1n) is 8.58. The molecule has 1 N–H and O–H groups in total. The fraction of sp³-hybridized carbons (Fsp3) is 0.368. The molecule has 6 nitrogen and oxygen atoms in total. The van der Waals surface area contributed by atoms with Crippen LogP contribution < -0.4 is 15.0 Å². The molecule has 0 atom stereocenters. The summed E-state index contributed by atoms with van der Waals surface area (Å²) in [5, 5.41) is 2.95. The fourth-order valence-electron chi connectivity index (χ4n) is 2.68. The van der Waals surface area contributed by atoms with E-state index in [0.717, 1.165) is 31.1 Å². The van der Waals surface area contributed by atoms with E-state index in [1.165, 1.54) is 0 Å². The van der Waals surface area contributed by atoms with Crippen LogP contribution in [-0.4, -0.2) is 50.3 Å². The maximum atomic E-state index is 12.5. The number of hydrogen-bond acceptors (Lipinski definition) is 5. The van der Waals surface area contributed by atoms with Gasteiger partial charge in [0.2, 0.25) is 0 Å². The van der Waals surface area contributed by atoms with Gasteiger partial charge in [0.15, 0.2) is 0 Å².